The van der Waals surface area contributed by atoms with Gasteiger partial charge in [0.2, 0.25) is 5.71 Å². The molecule has 1 aromatic heterocycles. The summed E-state index contributed by atoms with van der Waals surface area (Å²) in [6.45, 7) is 0. The Morgan fingerprint density at radius 3 is 2.64 bits per heavy atom. The summed E-state index contributed by atoms with van der Waals surface area (Å²) in [6.07, 6.45) is 0. The molecule has 25 heavy (non-hydrogen) atoms. The van der Waals surface area contributed by atoms with Gasteiger partial charge in [-0.1, -0.05) is 46.9 Å². The molecule has 0 aliphatic carbocycles. The third-order valence-corrected chi connectivity index (χ3v) is 4.28. The van der Waals surface area contributed by atoms with Crippen molar-refractivity contribution in [2.75, 3.05) is 5.43 Å². The summed E-state index contributed by atoms with van der Waals surface area (Å²) in [7, 11) is 0. The van der Waals surface area contributed by atoms with Gasteiger partial charge >= 0.3 is 0 Å². The average molecular weight is 393 g/mol. The van der Waals surface area contributed by atoms with Crippen LogP contribution in [0.15, 0.2) is 46.3 Å². The molecule has 3 aromatic rings. The molecule has 0 spiro atoms. The molecule has 0 aliphatic heterocycles. The van der Waals surface area contributed by atoms with E-state index in [1.165, 1.54) is 12.1 Å². The van der Waals surface area contributed by atoms with Crippen LogP contribution in [0.2, 0.25) is 15.1 Å². The van der Waals surface area contributed by atoms with Crippen LogP contribution in [0, 0.1) is 11.3 Å². The number of para-hydroxylation sites is 1. The average Bonchev–Trinajstić information content (AvgIpc) is 2.60. The van der Waals surface area contributed by atoms with Crippen molar-refractivity contribution < 1.29 is 0 Å². The van der Waals surface area contributed by atoms with Crippen LogP contribution < -0.4 is 11.0 Å². The Hall–Kier alpha value is -2.59. The molecule has 124 valence electrons. The Bertz CT molecular complexity index is 1100. The fourth-order valence-corrected chi connectivity index (χ4v) is 2.64. The van der Waals surface area contributed by atoms with Crippen LogP contribution in [0.4, 0.5) is 5.69 Å². The van der Waals surface area contributed by atoms with Crippen molar-refractivity contribution in [3.63, 3.8) is 0 Å². The van der Waals surface area contributed by atoms with Crippen LogP contribution in [-0.4, -0.2) is 15.7 Å². The highest BCUT2D eigenvalue weighted by Gasteiger charge is 2.11. The van der Waals surface area contributed by atoms with Crippen LogP contribution >= 0.6 is 34.8 Å². The second-order valence-corrected chi connectivity index (χ2v) is 6.08. The summed E-state index contributed by atoms with van der Waals surface area (Å²) in [4.78, 5) is 18.9. The van der Waals surface area contributed by atoms with Crippen molar-refractivity contribution in [1.82, 2.24) is 9.97 Å². The minimum absolute atomic E-state index is 0.0369. The standard InChI is InChI=1S/C16H8Cl3N5O/c17-9-5-11(19)13(6-10(9)18)23-24-14(7-20)15-21-12-4-2-1-3-8(12)16(25)22-15/h1-6,23H,(H,21,22,25)/b24-14+. The summed E-state index contributed by atoms with van der Waals surface area (Å²) in [5.41, 5.74) is 2.95. The van der Waals surface area contributed by atoms with Crippen LogP contribution in [0.3, 0.4) is 0 Å². The number of rotatable bonds is 3. The van der Waals surface area contributed by atoms with Crippen molar-refractivity contribution >= 4 is 57.1 Å². The van der Waals surface area contributed by atoms with E-state index in [1.54, 1.807) is 24.3 Å². The number of nitrogens with zero attached hydrogens (tertiary/aromatic N) is 3. The molecule has 9 heteroatoms. The first-order valence-corrected chi connectivity index (χ1v) is 8.01. The number of halogens is 3. The molecule has 0 fully saturated rings. The second-order valence-electron chi connectivity index (χ2n) is 4.86. The van der Waals surface area contributed by atoms with Crippen molar-refractivity contribution in [1.29, 1.82) is 5.26 Å². The van der Waals surface area contributed by atoms with E-state index in [0.29, 0.717) is 21.6 Å². The molecule has 0 saturated heterocycles. The zero-order valence-electron chi connectivity index (χ0n) is 12.3. The smallest absolute Gasteiger partial charge is 0.259 e. The van der Waals surface area contributed by atoms with Gasteiger partial charge in [0.05, 0.1) is 31.7 Å². The minimum Gasteiger partial charge on any atom is -0.304 e. The molecule has 2 aromatic carbocycles. The van der Waals surface area contributed by atoms with Crippen LogP contribution in [0.1, 0.15) is 5.82 Å². The Morgan fingerprint density at radius 1 is 1.16 bits per heavy atom. The number of hydrazone groups is 1. The number of aromatic amines is 1. The molecular formula is C16H8Cl3N5O. The fourth-order valence-electron chi connectivity index (χ4n) is 2.05. The van der Waals surface area contributed by atoms with Gasteiger partial charge in [-0.3, -0.25) is 10.2 Å². The number of hydrogen-bond donors (Lipinski definition) is 2. The van der Waals surface area contributed by atoms with Gasteiger partial charge in [0.1, 0.15) is 6.07 Å². The van der Waals surface area contributed by atoms with E-state index >= 15 is 0 Å². The number of hydrogen-bond acceptors (Lipinski definition) is 5. The lowest BCUT2D eigenvalue weighted by Gasteiger charge is -2.06. The van der Waals surface area contributed by atoms with Gasteiger partial charge in [-0.15, -0.1) is 0 Å². The van der Waals surface area contributed by atoms with E-state index < -0.39 is 0 Å². The van der Waals surface area contributed by atoms with Crippen molar-refractivity contribution in [3.05, 3.63) is 67.6 Å². The van der Waals surface area contributed by atoms with E-state index in [2.05, 4.69) is 20.5 Å². The van der Waals surface area contributed by atoms with Gasteiger partial charge in [0.15, 0.2) is 5.82 Å². The molecule has 0 atom stereocenters. The van der Waals surface area contributed by atoms with Crippen molar-refractivity contribution in [2.45, 2.75) is 0 Å². The molecule has 6 nitrogen and oxygen atoms in total. The fraction of sp³-hybridized carbons (Fsp3) is 0. The molecule has 3 rings (SSSR count). The zero-order valence-corrected chi connectivity index (χ0v) is 14.6. The van der Waals surface area contributed by atoms with Gasteiger partial charge in [0, 0.05) is 0 Å². The van der Waals surface area contributed by atoms with E-state index in [0.717, 1.165) is 0 Å². The van der Waals surface area contributed by atoms with Gasteiger partial charge in [0.25, 0.3) is 5.56 Å². The van der Waals surface area contributed by atoms with Crippen LogP contribution in [0.25, 0.3) is 10.9 Å². The van der Waals surface area contributed by atoms with E-state index in [-0.39, 0.29) is 27.1 Å². The number of aromatic nitrogens is 2. The largest absolute Gasteiger partial charge is 0.304 e. The third kappa shape index (κ3) is 3.59. The molecule has 0 unspecified atom stereocenters. The van der Waals surface area contributed by atoms with Crippen molar-refractivity contribution in [3.8, 4) is 6.07 Å². The number of fused-ring (bicyclic) bond motifs is 1. The first-order chi connectivity index (χ1) is 12.0. The number of nitrogens with one attached hydrogen (secondary N) is 2. The molecular weight excluding hydrogens is 385 g/mol. The van der Waals surface area contributed by atoms with Gasteiger partial charge in [-0.05, 0) is 24.3 Å². The molecule has 0 amide bonds. The van der Waals surface area contributed by atoms with Gasteiger partial charge in [-0.2, -0.15) is 10.4 Å². The highest BCUT2D eigenvalue weighted by Crippen LogP contribution is 2.32. The van der Waals surface area contributed by atoms with Gasteiger partial charge < -0.3 is 4.98 Å². The van der Waals surface area contributed by atoms with Crippen LogP contribution in [0.5, 0.6) is 0 Å². The predicted molar refractivity (Wildman–Crippen MR) is 99.6 cm³/mol. The lowest BCUT2D eigenvalue weighted by atomic mass is 10.2. The van der Waals surface area contributed by atoms with Gasteiger partial charge in [-0.25, -0.2) is 4.98 Å². The highest BCUT2D eigenvalue weighted by molar-refractivity contribution is 6.44. The summed E-state index contributed by atoms with van der Waals surface area (Å²) in [6, 6.07) is 11.6. The number of anilines is 1. The SMILES string of the molecule is N#C/C(=N\Nc1cc(Cl)c(Cl)cc1Cl)c1nc2ccccc2c(=O)[nH]1. The Balaban J connectivity index is 2.01. The normalized spacial score (nSPS) is 11.4. The van der Waals surface area contributed by atoms with E-state index in [9.17, 15) is 10.1 Å². The summed E-state index contributed by atoms with van der Waals surface area (Å²) in [5, 5.41) is 14.5. The third-order valence-electron chi connectivity index (χ3n) is 3.24. The number of benzene rings is 2. The maximum atomic E-state index is 12.1. The Labute approximate surface area is 156 Å². The first-order valence-electron chi connectivity index (χ1n) is 6.87. The topological polar surface area (TPSA) is 93.9 Å². The molecule has 0 radical (unpaired) electrons. The predicted octanol–water partition coefficient (Wildman–Crippen LogP) is 4.22. The molecule has 0 bridgehead atoms. The summed E-state index contributed by atoms with van der Waals surface area (Å²) >= 11 is 17.8. The highest BCUT2D eigenvalue weighted by atomic mass is 35.5. The zero-order chi connectivity index (χ0) is 18.0. The first kappa shape index (κ1) is 17.2. The monoisotopic (exact) mass is 391 g/mol. The second kappa shape index (κ2) is 7.11. The van der Waals surface area contributed by atoms with E-state index in [1.807, 2.05) is 6.07 Å². The number of nitriles is 1. The Kier molecular flexibility index (Phi) is 4.91. The molecule has 1 heterocycles. The molecule has 0 saturated carbocycles. The van der Waals surface area contributed by atoms with Crippen LogP contribution in [-0.2, 0) is 0 Å². The summed E-state index contributed by atoms with van der Waals surface area (Å²) in [5.74, 6) is 0.0369. The summed E-state index contributed by atoms with van der Waals surface area (Å²) < 4.78 is 0. The minimum atomic E-state index is -0.365. The maximum absolute atomic E-state index is 12.1. The van der Waals surface area contributed by atoms with E-state index in [4.69, 9.17) is 34.8 Å². The number of H-pyrrole nitrogens is 1. The quantitative estimate of drug-likeness (QED) is 0.396. The molecule has 0 aliphatic rings. The lowest BCUT2D eigenvalue weighted by Crippen LogP contribution is -2.16. The maximum Gasteiger partial charge on any atom is 0.259 e. The molecule has 2 N–H and O–H groups in total. The lowest BCUT2D eigenvalue weighted by molar-refractivity contribution is 1.13. The van der Waals surface area contributed by atoms with Crippen molar-refractivity contribution in [2.24, 2.45) is 5.10 Å². The Morgan fingerprint density at radius 2 is 1.88 bits per heavy atom.